The lowest BCUT2D eigenvalue weighted by atomic mass is 10.2. The van der Waals surface area contributed by atoms with Gasteiger partial charge in [0.1, 0.15) is 0 Å². The van der Waals surface area contributed by atoms with Crippen LogP contribution in [0.1, 0.15) is 25.7 Å². The zero-order valence-corrected chi connectivity index (χ0v) is 8.02. The summed E-state index contributed by atoms with van der Waals surface area (Å²) in [6.45, 7) is 0. The molecule has 0 saturated heterocycles. The van der Waals surface area contributed by atoms with Crippen LogP contribution in [0.2, 0.25) is 0 Å². The van der Waals surface area contributed by atoms with Crippen molar-refractivity contribution in [3.63, 3.8) is 0 Å². The van der Waals surface area contributed by atoms with Crippen LogP contribution in [-0.4, -0.2) is 0 Å². The molecule has 0 aromatic heterocycles. The van der Waals surface area contributed by atoms with E-state index >= 15 is 0 Å². The molecule has 0 aromatic carbocycles. The maximum atomic E-state index is 2.23. The number of hydrogen-bond acceptors (Lipinski definition) is 0. The van der Waals surface area contributed by atoms with Gasteiger partial charge in [-0.15, -0.1) is 0 Å². The normalized spacial score (nSPS) is 28.9. The third-order valence-electron chi connectivity index (χ3n) is 1.89. The molecule has 0 aliphatic heterocycles. The van der Waals surface area contributed by atoms with E-state index in [9.17, 15) is 0 Å². The molecule has 0 saturated carbocycles. The zero-order valence-electron chi connectivity index (χ0n) is 8.02. The Bertz CT molecular complexity index is 216. The van der Waals surface area contributed by atoms with E-state index in [0.29, 0.717) is 0 Å². The smallest absolute Gasteiger partial charge is 0.00442 e. The van der Waals surface area contributed by atoms with Crippen LogP contribution < -0.4 is 0 Å². The van der Waals surface area contributed by atoms with Gasteiger partial charge in [-0.2, -0.15) is 0 Å². The minimum Gasteiger partial charge on any atom is -0.0879 e. The molecule has 0 heterocycles. The Morgan fingerprint density at radius 3 is 2.15 bits per heavy atom. The second-order valence-corrected chi connectivity index (χ2v) is 3.07. The van der Waals surface area contributed by atoms with E-state index in [-0.39, 0.29) is 0 Å². The maximum absolute atomic E-state index is 2.23. The van der Waals surface area contributed by atoms with Gasteiger partial charge in [-0.1, -0.05) is 48.6 Å². The lowest BCUT2D eigenvalue weighted by Crippen LogP contribution is -1.68. The van der Waals surface area contributed by atoms with Crippen LogP contribution in [0.5, 0.6) is 0 Å². The van der Waals surface area contributed by atoms with Crippen molar-refractivity contribution in [1.82, 2.24) is 0 Å². The molecule has 1 radical (unpaired) electrons. The quantitative estimate of drug-likeness (QED) is 0.519. The Kier molecular flexibility index (Phi) is 5.87. The monoisotopic (exact) mass is 173 g/mol. The van der Waals surface area contributed by atoms with E-state index in [1.54, 1.807) is 0 Å². The first-order valence-corrected chi connectivity index (χ1v) is 4.97. The summed E-state index contributed by atoms with van der Waals surface area (Å²) in [6.07, 6.45) is 24.0. The van der Waals surface area contributed by atoms with Crippen molar-refractivity contribution in [3.05, 3.63) is 55.0 Å². The topological polar surface area (TPSA) is 0 Å². The van der Waals surface area contributed by atoms with Gasteiger partial charge in [-0.25, -0.2) is 0 Å². The molecule has 0 spiro atoms. The third-order valence-corrected chi connectivity index (χ3v) is 1.89. The first kappa shape index (κ1) is 10.0. The van der Waals surface area contributed by atoms with E-state index in [0.717, 1.165) is 6.42 Å². The second-order valence-electron chi connectivity index (χ2n) is 3.07. The molecule has 0 bridgehead atoms. The molecule has 0 N–H and O–H groups in total. The molecule has 0 heteroatoms. The van der Waals surface area contributed by atoms with Crippen LogP contribution in [0, 0.1) is 6.42 Å². The van der Waals surface area contributed by atoms with E-state index in [1.807, 2.05) is 0 Å². The van der Waals surface area contributed by atoms with Crippen molar-refractivity contribution < 1.29 is 0 Å². The zero-order chi connectivity index (χ0) is 9.19. The van der Waals surface area contributed by atoms with Gasteiger partial charge in [0.15, 0.2) is 0 Å². The third kappa shape index (κ3) is 6.15. The molecule has 0 aromatic rings. The minimum absolute atomic E-state index is 1.02. The summed E-state index contributed by atoms with van der Waals surface area (Å²) in [4.78, 5) is 0. The predicted molar refractivity (Wildman–Crippen MR) is 59.3 cm³/mol. The van der Waals surface area contributed by atoms with Crippen LogP contribution in [0.25, 0.3) is 0 Å². The molecule has 13 heavy (non-hydrogen) atoms. The Morgan fingerprint density at radius 2 is 1.23 bits per heavy atom. The first-order valence-electron chi connectivity index (χ1n) is 4.97. The Balaban J connectivity index is 2.38. The molecular weight excluding hydrogens is 156 g/mol. The Morgan fingerprint density at radius 1 is 0.615 bits per heavy atom. The molecule has 0 atom stereocenters. The van der Waals surface area contributed by atoms with Crippen molar-refractivity contribution in [2.45, 2.75) is 25.7 Å². The summed E-state index contributed by atoms with van der Waals surface area (Å²) < 4.78 is 0. The highest BCUT2D eigenvalue weighted by Crippen LogP contribution is 2.00. The largest absolute Gasteiger partial charge is 0.0879 e. The number of allylic oxidation sites excluding steroid dienone is 8. The van der Waals surface area contributed by atoms with Crippen molar-refractivity contribution >= 4 is 0 Å². The summed E-state index contributed by atoms with van der Waals surface area (Å²) in [5.74, 6) is 0. The van der Waals surface area contributed by atoms with Crippen molar-refractivity contribution in [3.8, 4) is 0 Å². The van der Waals surface area contributed by atoms with E-state index in [1.165, 1.54) is 19.3 Å². The highest BCUT2D eigenvalue weighted by Gasteiger charge is 1.80. The summed E-state index contributed by atoms with van der Waals surface area (Å²) >= 11 is 0. The predicted octanol–water partition coefficient (Wildman–Crippen LogP) is 3.99. The van der Waals surface area contributed by atoms with Gasteiger partial charge in [0.05, 0.1) is 0 Å². The van der Waals surface area contributed by atoms with Crippen molar-refractivity contribution in [2.24, 2.45) is 0 Å². The van der Waals surface area contributed by atoms with E-state index in [4.69, 9.17) is 0 Å². The van der Waals surface area contributed by atoms with Gasteiger partial charge in [-0.05, 0) is 25.7 Å². The molecule has 1 aliphatic carbocycles. The maximum Gasteiger partial charge on any atom is 0.00442 e. The van der Waals surface area contributed by atoms with Crippen LogP contribution in [-0.2, 0) is 0 Å². The number of hydrogen-bond donors (Lipinski definition) is 0. The molecular formula is C13H17. The van der Waals surface area contributed by atoms with Gasteiger partial charge in [-0.3, -0.25) is 0 Å². The SMILES string of the molecule is [CH]1/C=C/C/C=C/C=C\CCC/C=C/1. The van der Waals surface area contributed by atoms with Crippen LogP contribution >= 0.6 is 0 Å². The fraction of sp³-hybridized carbons (Fsp3) is 0.308. The van der Waals surface area contributed by atoms with E-state index in [2.05, 4.69) is 55.0 Å². The molecule has 1 rings (SSSR count). The Hall–Kier alpha value is -1.04. The van der Waals surface area contributed by atoms with Gasteiger partial charge >= 0.3 is 0 Å². The average molecular weight is 173 g/mol. The Labute approximate surface area is 81.4 Å². The summed E-state index contributed by atoms with van der Waals surface area (Å²) in [5.41, 5.74) is 0. The summed E-state index contributed by atoms with van der Waals surface area (Å²) in [6, 6.07) is 0. The van der Waals surface area contributed by atoms with Gasteiger partial charge < -0.3 is 0 Å². The number of rotatable bonds is 0. The van der Waals surface area contributed by atoms with Gasteiger partial charge in [0, 0.05) is 6.42 Å². The average Bonchev–Trinajstić information content (AvgIpc) is 2.18. The summed E-state index contributed by atoms with van der Waals surface area (Å²) in [5, 5.41) is 0. The lowest BCUT2D eigenvalue weighted by molar-refractivity contribution is 0.868. The highest BCUT2D eigenvalue weighted by atomic mass is 13.9. The second kappa shape index (κ2) is 7.60. The molecule has 0 fully saturated rings. The minimum atomic E-state index is 1.02. The van der Waals surface area contributed by atoms with Crippen LogP contribution in [0.3, 0.4) is 0 Å². The first-order chi connectivity index (χ1) is 6.50. The van der Waals surface area contributed by atoms with Crippen molar-refractivity contribution in [1.29, 1.82) is 0 Å². The van der Waals surface area contributed by atoms with Gasteiger partial charge in [0.25, 0.3) is 0 Å². The fourth-order valence-electron chi connectivity index (χ4n) is 1.16. The molecule has 1 aliphatic rings. The van der Waals surface area contributed by atoms with Crippen LogP contribution in [0.15, 0.2) is 48.6 Å². The fourth-order valence-corrected chi connectivity index (χ4v) is 1.16. The lowest BCUT2D eigenvalue weighted by Gasteiger charge is -1.88. The summed E-state index contributed by atoms with van der Waals surface area (Å²) in [7, 11) is 0. The molecule has 0 unspecified atom stereocenters. The van der Waals surface area contributed by atoms with Crippen molar-refractivity contribution in [2.75, 3.05) is 0 Å². The molecule has 69 valence electrons. The standard InChI is InChI=1S/C13H17/c1-2-4-6-8-10-12-13-11-9-7-5-3-1/h1-5,8,10,12-13H,6-7,9,11H2/b4-2+,5-3+,10-8+,13-12-. The van der Waals surface area contributed by atoms with Crippen LogP contribution in [0.4, 0.5) is 0 Å². The van der Waals surface area contributed by atoms with E-state index < -0.39 is 0 Å². The highest BCUT2D eigenvalue weighted by molar-refractivity contribution is 5.11. The molecule has 0 amide bonds. The molecule has 0 nitrogen and oxygen atoms in total. The van der Waals surface area contributed by atoms with Gasteiger partial charge in [0.2, 0.25) is 0 Å².